The lowest BCUT2D eigenvalue weighted by molar-refractivity contribution is -0.132. The summed E-state index contributed by atoms with van der Waals surface area (Å²) in [6.07, 6.45) is 17.5. The Morgan fingerprint density at radius 1 is 0.769 bits per heavy atom. The quantitative estimate of drug-likeness (QED) is 0.287. The molecule has 0 aromatic heterocycles. The van der Waals surface area contributed by atoms with E-state index in [9.17, 15) is 9.90 Å². The Kier molecular flexibility index (Phi) is 17.4. The van der Waals surface area contributed by atoms with Crippen LogP contribution < -0.4 is 0 Å². The van der Waals surface area contributed by atoms with Gasteiger partial charge in [-0.1, -0.05) is 90.9 Å². The number of hydrogen-bond acceptors (Lipinski definition) is 2. The minimum absolute atomic E-state index is 0.196. The summed E-state index contributed by atoms with van der Waals surface area (Å²) < 4.78 is 0. The third-order valence-corrected chi connectivity index (χ3v) is 5.14. The highest BCUT2D eigenvalue weighted by Crippen LogP contribution is 2.14. The topological polar surface area (TPSA) is 40.5 Å². The van der Waals surface area contributed by atoms with Gasteiger partial charge in [-0.3, -0.25) is 4.79 Å². The Balaban J connectivity index is 3.32. The summed E-state index contributed by atoms with van der Waals surface area (Å²) in [7, 11) is 0. The fourth-order valence-corrected chi connectivity index (χ4v) is 3.48. The SMILES string of the molecule is CCN(CC(C)O)C(=O)CCCCCCCCCCCCCCC(C)C. The normalized spacial score (nSPS) is 12.5. The molecule has 3 nitrogen and oxygen atoms in total. The fraction of sp³-hybridized carbons (Fsp3) is 0.957. The first-order valence-corrected chi connectivity index (χ1v) is 11.4. The van der Waals surface area contributed by atoms with Gasteiger partial charge in [0.25, 0.3) is 0 Å². The van der Waals surface area contributed by atoms with Crippen LogP contribution in [-0.2, 0) is 4.79 Å². The molecule has 0 aliphatic rings. The molecule has 0 aromatic carbocycles. The van der Waals surface area contributed by atoms with Crippen molar-refractivity contribution in [2.75, 3.05) is 13.1 Å². The largest absolute Gasteiger partial charge is 0.392 e. The standard InChI is InChI=1S/C23H47NO2/c1-5-24(20-22(4)25)23(26)19-17-15-13-11-9-7-6-8-10-12-14-16-18-21(2)3/h21-22,25H,5-20H2,1-4H3. The minimum Gasteiger partial charge on any atom is -0.392 e. The molecule has 0 spiro atoms. The van der Waals surface area contributed by atoms with Crippen LogP contribution in [0.3, 0.4) is 0 Å². The molecule has 0 aromatic rings. The molecule has 1 atom stereocenters. The molecular formula is C23H47NO2. The van der Waals surface area contributed by atoms with Crippen LogP contribution in [0.5, 0.6) is 0 Å². The molecule has 156 valence electrons. The lowest BCUT2D eigenvalue weighted by Gasteiger charge is -2.22. The number of nitrogens with zero attached hydrogens (tertiary/aromatic N) is 1. The maximum Gasteiger partial charge on any atom is 0.222 e. The molecule has 3 heteroatoms. The summed E-state index contributed by atoms with van der Waals surface area (Å²) in [5, 5.41) is 9.41. The van der Waals surface area contributed by atoms with Crippen molar-refractivity contribution in [3.8, 4) is 0 Å². The second-order valence-corrected chi connectivity index (χ2v) is 8.46. The second-order valence-electron chi connectivity index (χ2n) is 8.46. The Bertz CT molecular complexity index is 315. The lowest BCUT2D eigenvalue weighted by Crippen LogP contribution is -2.36. The Labute approximate surface area is 163 Å². The van der Waals surface area contributed by atoms with Crippen LogP contribution >= 0.6 is 0 Å². The van der Waals surface area contributed by atoms with Gasteiger partial charge in [0.05, 0.1) is 6.10 Å². The zero-order valence-corrected chi connectivity index (χ0v) is 18.3. The highest BCUT2D eigenvalue weighted by atomic mass is 16.3. The number of amides is 1. The van der Waals surface area contributed by atoms with E-state index >= 15 is 0 Å². The first kappa shape index (κ1) is 25.4. The maximum absolute atomic E-state index is 12.1. The molecule has 1 amide bonds. The first-order chi connectivity index (χ1) is 12.5. The predicted molar refractivity (Wildman–Crippen MR) is 113 cm³/mol. The molecule has 0 saturated carbocycles. The van der Waals surface area contributed by atoms with E-state index in [0.29, 0.717) is 19.5 Å². The van der Waals surface area contributed by atoms with E-state index in [1.54, 1.807) is 11.8 Å². The van der Waals surface area contributed by atoms with Gasteiger partial charge in [0.1, 0.15) is 0 Å². The van der Waals surface area contributed by atoms with E-state index in [4.69, 9.17) is 0 Å². The van der Waals surface area contributed by atoms with Crippen molar-refractivity contribution in [1.29, 1.82) is 0 Å². The summed E-state index contributed by atoms with van der Waals surface area (Å²) in [5.41, 5.74) is 0. The van der Waals surface area contributed by atoms with Gasteiger partial charge in [-0.15, -0.1) is 0 Å². The van der Waals surface area contributed by atoms with E-state index < -0.39 is 6.10 Å². The van der Waals surface area contributed by atoms with Crippen molar-refractivity contribution in [3.05, 3.63) is 0 Å². The lowest BCUT2D eigenvalue weighted by atomic mass is 10.0. The Morgan fingerprint density at radius 2 is 1.19 bits per heavy atom. The molecule has 0 fully saturated rings. The van der Waals surface area contributed by atoms with Crippen LogP contribution in [-0.4, -0.2) is 35.1 Å². The Hall–Kier alpha value is -0.570. The monoisotopic (exact) mass is 369 g/mol. The van der Waals surface area contributed by atoms with Gasteiger partial charge >= 0.3 is 0 Å². The van der Waals surface area contributed by atoms with Crippen molar-refractivity contribution < 1.29 is 9.90 Å². The van der Waals surface area contributed by atoms with Gasteiger partial charge in [0, 0.05) is 19.5 Å². The van der Waals surface area contributed by atoms with Gasteiger partial charge < -0.3 is 10.0 Å². The molecule has 0 rings (SSSR count). The highest BCUT2D eigenvalue weighted by molar-refractivity contribution is 5.76. The molecule has 0 heterocycles. The highest BCUT2D eigenvalue weighted by Gasteiger charge is 2.12. The van der Waals surface area contributed by atoms with Gasteiger partial charge in [-0.2, -0.15) is 0 Å². The van der Waals surface area contributed by atoms with Crippen LogP contribution in [0.15, 0.2) is 0 Å². The fourth-order valence-electron chi connectivity index (χ4n) is 3.48. The van der Waals surface area contributed by atoms with Crippen molar-refractivity contribution in [2.45, 2.75) is 124 Å². The zero-order valence-electron chi connectivity index (χ0n) is 18.3. The van der Waals surface area contributed by atoms with E-state index in [1.165, 1.54) is 70.6 Å². The molecule has 26 heavy (non-hydrogen) atoms. The van der Waals surface area contributed by atoms with Gasteiger partial charge in [0.2, 0.25) is 5.91 Å². The molecule has 0 radical (unpaired) electrons. The van der Waals surface area contributed by atoms with Crippen molar-refractivity contribution in [3.63, 3.8) is 0 Å². The van der Waals surface area contributed by atoms with E-state index in [0.717, 1.165) is 18.8 Å². The molecule has 1 N–H and O–H groups in total. The van der Waals surface area contributed by atoms with Crippen LogP contribution in [0, 0.1) is 5.92 Å². The number of aliphatic hydroxyl groups is 1. The smallest absolute Gasteiger partial charge is 0.222 e. The third kappa shape index (κ3) is 16.9. The number of carbonyl (C=O) groups is 1. The number of hydrogen-bond donors (Lipinski definition) is 1. The van der Waals surface area contributed by atoms with Crippen molar-refractivity contribution >= 4 is 5.91 Å². The maximum atomic E-state index is 12.1. The van der Waals surface area contributed by atoms with Crippen LogP contribution in [0.25, 0.3) is 0 Å². The number of carbonyl (C=O) groups excluding carboxylic acids is 1. The van der Waals surface area contributed by atoms with E-state index in [2.05, 4.69) is 13.8 Å². The van der Waals surface area contributed by atoms with E-state index in [1.807, 2.05) is 6.92 Å². The molecule has 0 aliphatic carbocycles. The number of aliphatic hydroxyl groups excluding tert-OH is 1. The zero-order chi connectivity index (χ0) is 19.6. The van der Waals surface area contributed by atoms with Crippen LogP contribution in [0.2, 0.25) is 0 Å². The summed E-state index contributed by atoms with van der Waals surface area (Å²) >= 11 is 0. The summed E-state index contributed by atoms with van der Waals surface area (Å²) in [6, 6.07) is 0. The molecular weight excluding hydrogens is 322 g/mol. The van der Waals surface area contributed by atoms with Crippen molar-refractivity contribution in [1.82, 2.24) is 4.90 Å². The summed E-state index contributed by atoms with van der Waals surface area (Å²) in [6.45, 7) is 9.51. The summed E-state index contributed by atoms with van der Waals surface area (Å²) in [4.78, 5) is 13.8. The number of rotatable bonds is 18. The minimum atomic E-state index is -0.432. The third-order valence-electron chi connectivity index (χ3n) is 5.14. The average molecular weight is 370 g/mol. The molecule has 0 aliphatic heterocycles. The van der Waals surface area contributed by atoms with Gasteiger partial charge in [-0.25, -0.2) is 0 Å². The van der Waals surface area contributed by atoms with Crippen LogP contribution in [0.1, 0.15) is 118 Å². The van der Waals surface area contributed by atoms with E-state index in [-0.39, 0.29) is 5.91 Å². The number of unbranched alkanes of at least 4 members (excludes halogenated alkanes) is 11. The number of likely N-dealkylation sites (N-methyl/N-ethyl adjacent to an activating group) is 1. The molecule has 0 bridgehead atoms. The average Bonchev–Trinajstić information content (AvgIpc) is 2.59. The predicted octanol–water partition coefficient (Wildman–Crippen LogP) is 6.33. The van der Waals surface area contributed by atoms with Crippen molar-refractivity contribution in [2.24, 2.45) is 5.92 Å². The second kappa shape index (κ2) is 17.8. The van der Waals surface area contributed by atoms with Gasteiger partial charge in [0.15, 0.2) is 0 Å². The molecule has 1 unspecified atom stereocenters. The Morgan fingerprint density at radius 3 is 1.58 bits per heavy atom. The summed E-state index contributed by atoms with van der Waals surface area (Å²) in [5.74, 6) is 1.06. The molecule has 0 saturated heterocycles. The van der Waals surface area contributed by atoms with Gasteiger partial charge in [-0.05, 0) is 26.2 Å². The first-order valence-electron chi connectivity index (χ1n) is 11.4. The van der Waals surface area contributed by atoms with Crippen LogP contribution in [0.4, 0.5) is 0 Å².